The number of rotatable bonds is 4. The van der Waals surface area contributed by atoms with Crippen LogP contribution in [0.5, 0.6) is 0 Å². The van der Waals surface area contributed by atoms with Gasteiger partial charge in [-0.15, -0.1) is 0 Å². The average molecular weight is 298 g/mol. The van der Waals surface area contributed by atoms with Gasteiger partial charge in [0.1, 0.15) is 12.0 Å². The van der Waals surface area contributed by atoms with E-state index >= 15 is 0 Å². The Bertz CT molecular complexity index is 584. The number of carboxylic acid groups (broad SMARTS) is 1. The Kier molecular flexibility index (Phi) is 4.57. The molecule has 106 valence electrons. The van der Waals surface area contributed by atoms with Crippen LogP contribution < -0.4 is 0 Å². The number of benzene rings is 1. The van der Waals surface area contributed by atoms with Crippen molar-refractivity contribution >= 4 is 18.9 Å². The van der Waals surface area contributed by atoms with Gasteiger partial charge in [-0.25, -0.2) is 13.6 Å². The van der Waals surface area contributed by atoms with Crippen molar-refractivity contribution in [2.45, 2.75) is 18.7 Å². The van der Waals surface area contributed by atoms with E-state index < -0.39 is 23.9 Å². The first-order valence-corrected chi connectivity index (χ1v) is 6.21. The Morgan fingerprint density at radius 3 is 2.75 bits per heavy atom. The maximum absolute atomic E-state index is 13.9. The summed E-state index contributed by atoms with van der Waals surface area (Å²) in [7, 11) is 0. The molecule has 2 unspecified atom stereocenters. The Morgan fingerprint density at radius 2 is 2.15 bits per heavy atom. The van der Waals surface area contributed by atoms with Crippen LogP contribution in [0.25, 0.3) is 0 Å². The molecule has 0 fully saturated rings. The number of carboxylic acids is 1. The third-order valence-electron chi connectivity index (χ3n) is 3.00. The van der Waals surface area contributed by atoms with Crippen LogP contribution in [0.2, 0.25) is 0 Å². The standard InChI is InChI=1S/C14H12F2O3S/c15-11-1-2-12(13(16)6-11)9-3-8(7-19-20)4-10(5-9)14(17)18/h1-6,12-13,20H,7H2,(H,17,18). The van der Waals surface area contributed by atoms with Crippen molar-refractivity contribution in [1.29, 1.82) is 0 Å². The van der Waals surface area contributed by atoms with E-state index in [1.54, 1.807) is 6.07 Å². The molecule has 20 heavy (non-hydrogen) atoms. The average Bonchev–Trinajstić information content (AvgIpc) is 2.38. The van der Waals surface area contributed by atoms with Crippen LogP contribution in [0.15, 0.2) is 42.3 Å². The highest BCUT2D eigenvalue weighted by Crippen LogP contribution is 2.31. The second-order valence-corrected chi connectivity index (χ2v) is 4.68. The van der Waals surface area contributed by atoms with E-state index in [1.165, 1.54) is 24.3 Å². The summed E-state index contributed by atoms with van der Waals surface area (Å²) in [5.41, 5.74) is 1.04. The van der Waals surface area contributed by atoms with Gasteiger partial charge in [-0.05, 0) is 48.3 Å². The number of aromatic carboxylic acids is 1. The first-order chi connectivity index (χ1) is 9.51. The zero-order valence-electron chi connectivity index (χ0n) is 10.3. The summed E-state index contributed by atoms with van der Waals surface area (Å²) in [6.07, 6.45) is 1.89. The number of thiol groups is 1. The summed E-state index contributed by atoms with van der Waals surface area (Å²) in [6, 6.07) is 4.43. The number of halogens is 2. The van der Waals surface area contributed by atoms with Crippen molar-refractivity contribution in [1.82, 2.24) is 0 Å². The smallest absolute Gasteiger partial charge is 0.335 e. The molecule has 6 heteroatoms. The van der Waals surface area contributed by atoms with Gasteiger partial charge in [-0.1, -0.05) is 12.1 Å². The molecule has 1 N–H and O–H groups in total. The zero-order chi connectivity index (χ0) is 14.7. The number of hydrogen-bond donors (Lipinski definition) is 2. The molecular weight excluding hydrogens is 286 g/mol. The maximum Gasteiger partial charge on any atom is 0.335 e. The van der Waals surface area contributed by atoms with E-state index in [0.29, 0.717) is 11.1 Å². The van der Waals surface area contributed by atoms with Gasteiger partial charge < -0.3 is 9.29 Å². The molecule has 0 amide bonds. The summed E-state index contributed by atoms with van der Waals surface area (Å²) in [5, 5.41) is 9.06. The molecule has 0 aromatic heterocycles. The van der Waals surface area contributed by atoms with Gasteiger partial charge >= 0.3 is 5.97 Å². The van der Waals surface area contributed by atoms with E-state index in [-0.39, 0.29) is 12.2 Å². The van der Waals surface area contributed by atoms with Crippen molar-refractivity contribution in [3.8, 4) is 0 Å². The fraction of sp³-hybridized carbons (Fsp3) is 0.214. The molecule has 2 atom stereocenters. The Balaban J connectivity index is 2.40. The van der Waals surface area contributed by atoms with Gasteiger partial charge in [0.15, 0.2) is 0 Å². The van der Waals surface area contributed by atoms with Crippen LogP contribution in [0.1, 0.15) is 27.4 Å². The molecule has 1 aliphatic rings. The van der Waals surface area contributed by atoms with E-state index in [4.69, 9.17) is 5.11 Å². The topological polar surface area (TPSA) is 46.5 Å². The van der Waals surface area contributed by atoms with Crippen LogP contribution >= 0.6 is 12.9 Å². The Hall–Kier alpha value is -1.66. The lowest BCUT2D eigenvalue weighted by Crippen LogP contribution is -2.14. The molecular formula is C14H12F2O3S. The molecule has 3 nitrogen and oxygen atoms in total. The molecule has 0 bridgehead atoms. The predicted molar refractivity (Wildman–Crippen MR) is 73.1 cm³/mol. The van der Waals surface area contributed by atoms with Gasteiger partial charge in [-0.2, -0.15) is 0 Å². The van der Waals surface area contributed by atoms with Gasteiger partial charge in [-0.3, -0.25) is 0 Å². The Labute approximate surface area is 120 Å². The van der Waals surface area contributed by atoms with E-state index in [1.807, 2.05) is 0 Å². The van der Waals surface area contributed by atoms with Crippen molar-refractivity contribution in [3.63, 3.8) is 0 Å². The molecule has 0 spiro atoms. The lowest BCUT2D eigenvalue weighted by molar-refractivity contribution is 0.0696. The minimum absolute atomic E-state index is 0.0264. The highest BCUT2D eigenvalue weighted by atomic mass is 32.1. The van der Waals surface area contributed by atoms with Gasteiger partial charge in [0, 0.05) is 5.92 Å². The highest BCUT2D eigenvalue weighted by molar-refractivity contribution is 7.75. The molecule has 1 aromatic carbocycles. The van der Waals surface area contributed by atoms with Crippen molar-refractivity contribution in [3.05, 3.63) is 58.9 Å². The number of hydrogen-bond acceptors (Lipinski definition) is 3. The summed E-state index contributed by atoms with van der Waals surface area (Å²) in [4.78, 5) is 11.1. The second kappa shape index (κ2) is 6.19. The summed E-state index contributed by atoms with van der Waals surface area (Å²) in [6.45, 7) is 0.0921. The summed E-state index contributed by atoms with van der Waals surface area (Å²) < 4.78 is 31.5. The Morgan fingerprint density at radius 1 is 1.40 bits per heavy atom. The van der Waals surface area contributed by atoms with Crippen molar-refractivity contribution in [2.24, 2.45) is 0 Å². The van der Waals surface area contributed by atoms with Crippen LogP contribution in [0.4, 0.5) is 8.78 Å². The summed E-state index contributed by atoms with van der Waals surface area (Å²) in [5.74, 6) is -2.47. The second-order valence-electron chi connectivity index (χ2n) is 4.42. The molecule has 1 aromatic rings. The molecule has 1 aliphatic carbocycles. The van der Waals surface area contributed by atoms with Crippen molar-refractivity contribution < 1.29 is 22.9 Å². The van der Waals surface area contributed by atoms with Crippen LogP contribution in [0.3, 0.4) is 0 Å². The van der Waals surface area contributed by atoms with Crippen molar-refractivity contribution in [2.75, 3.05) is 0 Å². The normalized spacial score (nSPS) is 21.6. The third-order valence-corrected chi connectivity index (χ3v) is 3.13. The molecule has 0 saturated carbocycles. The third kappa shape index (κ3) is 3.26. The number of carbonyl (C=O) groups is 1. The fourth-order valence-corrected chi connectivity index (χ4v) is 2.25. The molecule has 2 rings (SSSR count). The SMILES string of the molecule is O=C(O)c1cc(COS)cc(C2C=CC(F)=CC2F)c1. The summed E-state index contributed by atoms with van der Waals surface area (Å²) >= 11 is 3.61. The van der Waals surface area contributed by atoms with Gasteiger partial charge in [0.25, 0.3) is 0 Å². The molecule has 0 radical (unpaired) electrons. The minimum Gasteiger partial charge on any atom is -0.478 e. The lowest BCUT2D eigenvalue weighted by Gasteiger charge is -2.19. The monoisotopic (exact) mass is 298 g/mol. The first kappa shape index (κ1) is 14.7. The van der Waals surface area contributed by atoms with E-state index in [0.717, 1.165) is 6.08 Å². The highest BCUT2D eigenvalue weighted by Gasteiger charge is 2.23. The largest absolute Gasteiger partial charge is 0.478 e. The number of alkyl halides is 1. The molecule has 0 aliphatic heterocycles. The van der Waals surface area contributed by atoms with Gasteiger partial charge in [0.2, 0.25) is 0 Å². The molecule has 0 saturated heterocycles. The lowest BCUT2D eigenvalue weighted by atomic mass is 9.88. The number of allylic oxidation sites excluding steroid dienone is 4. The quantitative estimate of drug-likeness (QED) is 0.659. The fourth-order valence-electron chi connectivity index (χ4n) is 2.10. The van der Waals surface area contributed by atoms with Crippen LogP contribution in [-0.4, -0.2) is 17.2 Å². The van der Waals surface area contributed by atoms with Gasteiger partial charge in [0.05, 0.1) is 12.2 Å². The predicted octanol–water partition coefficient (Wildman–Crippen LogP) is 3.59. The van der Waals surface area contributed by atoms with Crippen LogP contribution in [-0.2, 0) is 10.8 Å². The first-order valence-electron chi connectivity index (χ1n) is 5.84. The van der Waals surface area contributed by atoms with E-state index in [2.05, 4.69) is 17.1 Å². The zero-order valence-corrected chi connectivity index (χ0v) is 11.2. The molecule has 0 heterocycles. The van der Waals surface area contributed by atoms with Crippen LogP contribution in [0, 0.1) is 0 Å². The minimum atomic E-state index is -1.53. The maximum atomic E-state index is 13.9. The van der Waals surface area contributed by atoms with E-state index in [9.17, 15) is 13.6 Å².